The van der Waals surface area contributed by atoms with Crippen LogP contribution < -0.4 is 10.0 Å². The Hall–Kier alpha value is -3.31. The van der Waals surface area contributed by atoms with Crippen LogP contribution in [-0.2, 0) is 16.4 Å². The number of thiazole rings is 1. The molecule has 3 aromatic rings. The van der Waals surface area contributed by atoms with Gasteiger partial charge in [-0.15, -0.1) is 11.3 Å². The molecule has 0 unspecified atom stereocenters. The van der Waals surface area contributed by atoms with Crippen molar-refractivity contribution in [1.29, 1.82) is 0 Å². The zero-order valence-corrected chi connectivity index (χ0v) is 17.7. The lowest BCUT2D eigenvalue weighted by molar-refractivity contribution is -0.385. The van der Waals surface area contributed by atoms with Gasteiger partial charge in [-0.25, -0.2) is 13.4 Å². The summed E-state index contributed by atoms with van der Waals surface area (Å²) in [4.78, 5) is 27.8. The van der Waals surface area contributed by atoms with Crippen molar-refractivity contribution in [3.05, 3.63) is 74.8 Å². The molecule has 1 aromatic heterocycles. The van der Waals surface area contributed by atoms with Crippen molar-refractivity contribution in [1.82, 2.24) is 4.98 Å². The predicted molar refractivity (Wildman–Crippen MR) is 115 cm³/mol. The maximum atomic E-state index is 12.5. The number of carbonyl (C=O) groups excluding carboxylic acids is 1. The smallest absolute Gasteiger partial charge is 0.270 e. The number of sulfonamides is 1. The molecule has 1 heterocycles. The van der Waals surface area contributed by atoms with E-state index in [1.54, 1.807) is 0 Å². The predicted octanol–water partition coefficient (Wildman–Crippen LogP) is 3.98. The van der Waals surface area contributed by atoms with Gasteiger partial charge in [0.1, 0.15) is 0 Å². The molecule has 0 spiro atoms. The molecule has 0 aliphatic heterocycles. The Balaban J connectivity index is 1.72. The van der Waals surface area contributed by atoms with E-state index in [1.165, 1.54) is 53.8 Å². The average Bonchev–Trinajstić information content (AvgIpc) is 3.07. The molecule has 0 bridgehead atoms. The molecule has 2 N–H and O–H groups in total. The first-order chi connectivity index (χ1) is 14.2. The van der Waals surface area contributed by atoms with Crippen LogP contribution in [0.4, 0.5) is 16.5 Å². The molecule has 0 radical (unpaired) electrons. The molecule has 0 atom stereocenters. The summed E-state index contributed by atoms with van der Waals surface area (Å²) in [6, 6.07) is 10.6. The maximum Gasteiger partial charge on any atom is 0.270 e. The summed E-state index contributed by atoms with van der Waals surface area (Å²) in [7, 11) is -4.02. The van der Waals surface area contributed by atoms with Crippen LogP contribution in [-0.4, -0.2) is 24.2 Å². The maximum absolute atomic E-state index is 12.5. The summed E-state index contributed by atoms with van der Waals surface area (Å²) in [5, 5.41) is 14.1. The summed E-state index contributed by atoms with van der Waals surface area (Å²) in [5.41, 5.74) is 1.16. The highest BCUT2D eigenvalue weighted by Crippen LogP contribution is 2.24. The lowest BCUT2D eigenvalue weighted by Crippen LogP contribution is -2.14. The number of nitrogens with one attached hydrogen (secondary N) is 2. The topological polar surface area (TPSA) is 131 Å². The third-order valence-corrected chi connectivity index (χ3v) is 6.49. The fraction of sp³-hybridized carbons (Fsp3) is 0.158. The van der Waals surface area contributed by atoms with Gasteiger partial charge < -0.3 is 0 Å². The van der Waals surface area contributed by atoms with Crippen molar-refractivity contribution in [3.8, 4) is 0 Å². The number of nitrogens with zero attached hydrogens (tertiary/aromatic N) is 2. The van der Waals surface area contributed by atoms with Crippen LogP contribution in [0.3, 0.4) is 0 Å². The number of hydrogen-bond acceptors (Lipinski definition) is 7. The number of amides is 1. The molecule has 30 heavy (non-hydrogen) atoms. The van der Waals surface area contributed by atoms with Crippen LogP contribution in [0.15, 0.2) is 53.4 Å². The summed E-state index contributed by atoms with van der Waals surface area (Å²) < 4.78 is 27.3. The molecule has 0 fully saturated rings. The van der Waals surface area contributed by atoms with Crippen molar-refractivity contribution < 1.29 is 18.1 Å². The van der Waals surface area contributed by atoms with E-state index < -0.39 is 14.9 Å². The van der Waals surface area contributed by atoms with Gasteiger partial charge in [-0.1, -0.05) is 13.0 Å². The SMILES string of the molecule is CCc1nc(NC(=O)c2ccc(NS(=O)(=O)c3cccc([N+](=O)[O-])c3)cc2)sc1C. The van der Waals surface area contributed by atoms with Gasteiger partial charge in [0, 0.05) is 28.3 Å². The van der Waals surface area contributed by atoms with Gasteiger partial charge in [0.25, 0.3) is 21.6 Å². The minimum absolute atomic E-state index is 0.219. The molecule has 0 aliphatic carbocycles. The highest BCUT2D eigenvalue weighted by atomic mass is 32.2. The Labute approximate surface area is 177 Å². The van der Waals surface area contributed by atoms with Gasteiger partial charge >= 0.3 is 0 Å². The standard InChI is InChI=1S/C19H18N4O5S2/c1-3-17-12(2)29-19(20-17)21-18(24)13-7-9-14(10-8-13)22-30(27,28)16-6-4-5-15(11-16)23(25)26/h4-11,22H,3H2,1-2H3,(H,20,21,24). The van der Waals surface area contributed by atoms with Crippen LogP contribution in [0.1, 0.15) is 27.9 Å². The zero-order chi connectivity index (χ0) is 21.9. The largest absolute Gasteiger partial charge is 0.298 e. The summed E-state index contributed by atoms with van der Waals surface area (Å²) in [6.07, 6.45) is 0.775. The van der Waals surface area contributed by atoms with E-state index >= 15 is 0 Å². The molecule has 11 heteroatoms. The quantitative estimate of drug-likeness (QED) is 0.417. The lowest BCUT2D eigenvalue weighted by Gasteiger charge is -2.09. The molecular formula is C19H18N4O5S2. The van der Waals surface area contributed by atoms with Crippen LogP contribution in [0.25, 0.3) is 0 Å². The molecular weight excluding hydrogens is 428 g/mol. The third kappa shape index (κ3) is 4.81. The first kappa shape index (κ1) is 21.4. The Kier molecular flexibility index (Phi) is 6.13. The molecule has 2 aromatic carbocycles. The number of carbonyl (C=O) groups is 1. The van der Waals surface area contributed by atoms with E-state index in [9.17, 15) is 23.3 Å². The minimum atomic E-state index is -4.02. The van der Waals surface area contributed by atoms with Crippen LogP contribution in [0.5, 0.6) is 0 Å². The summed E-state index contributed by atoms with van der Waals surface area (Å²) in [5.74, 6) is -0.362. The van der Waals surface area contributed by atoms with Crippen molar-refractivity contribution in [2.45, 2.75) is 25.2 Å². The summed E-state index contributed by atoms with van der Waals surface area (Å²) in [6.45, 7) is 3.93. The number of rotatable bonds is 7. The van der Waals surface area contributed by atoms with Gasteiger partial charge in [-0.2, -0.15) is 0 Å². The number of non-ortho nitro benzene ring substituents is 1. The molecule has 9 nitrogen and oxygen atoms in total. The van der Waals surface area contributed by atoms with Crippen molar-refractivity contribution in [3.63, 3.8) is 0 Å². The second-order valence-electron chi connectivity index (χ2n) is 6.27. The van der Waals surface area contributed by atoms with E-state index in [4.69, 9.17) is 0 Å². The second-order valence-corrected chi connectivity index (χ2v) is 9.15. The molecule has 0 aliphatic rings. The summed E-state index contributed by atoms with van der Waals surface area (Å²) >= 11 is 1.39. The monoisotopic (exact) mass is 446 g/mol. The van der Waals surface area contributed by atoms with E-state index in [0.717, 1.165) is 23.1 Å². The third-order valence-electron chi connectivity index (χ3n) is 4.19. The van der Waals surface area contributed by atoms with Crippen LogP contribution in [0, 0.1) is 17.0 Å². The Morgan fingerprint density at radius 3 is 2.50 bits per heavy atom. The number of nitro groups is 1. The van der Waals surface area contributed by atoms with Crippen LogP contribution in [0.2, 0.25) is 0 Å². The van der Waals surface area contributed by atoms with Crippen molar-refractivity contribution in [2.24, 2.45) is 0 Å². The Morgan fingerprint density at radius 2 is 1.90 bits per heavy atom. The van der Waals surface area contributed by atoms with Crippen molar-refractivity contribution >= 4 is 43.8 Å². The van der Waals surface area contributed by atoms with Gasteiger partial charge in [0.05, 0.1) is 15.5 Å². The second kappa shape index (κ2) is 8.59. The number of benzene rings is 2. The Morgan fingerprint density at radius 1 is 1.20 bits per heavy atom. The fourth-order valence-electron chi connectivity index (χ4n) is 2.65. The normalized spacial score (nSPS) is 11.1. The first-order valence-corrected chi connectivity index (χ1v) is 11.1. The molecule has 0 saturated heterocycles. The minimum Gasteiger partial charge on any atom is -0.298 e. The van der Waals surface area contributed by atoms with Gasteiger partial charge in [-0.05, 0) is 43.7 Å². The number of anilines is 2. The fourth-order valence-corrected chi connectivity index (χ4v) is 4.64. The molecule has 156 valence electrons. The number of nitro benzene ring substituents is 1. The molecule has 1 amide bonds. The zero-order valence-electron chi connectivity index (χ0n) is 16.1. The molecule has 0 saturated carbocycles. The van der Waals surface area contributed by atoms with E-state index in [0.29, 0.717) is 10.7 Å². The lowest BCUT2D eigenvalue weighted by atomic mass is 10.2. The van der Waals surface area contributed by atoms with Crippen LogP contribution >= 0.6 is 11.3 Å². The Bertz CT molecular complexity index is 1200. The van der Waals surface area contributed by atoms with Gasteiger partial charge in [0.15, 0.2) is 5.13 Å². The average molecular weight is 447 g/mol. The molecule has 3 rings (SSSR count). The van der Waals surface area contributed by atoms with E-state index in [2.05, 4.69) is 15.0 Å². The number of aryl methyl sites for hydroxylation is 2. The van der Waals surface area contributed by atoms with Gasteiger partial charge in [0.2, 0.25) is 0 Å². The number of hydrogen-bond donors (Lipinski definition) is 2. The van der Waals surface area contributed by atoms with E-state index in [1.807, 2.05) is 13.8 Å². The number of aromatic nitrogens is 1. The highest BCUT2D eigenvalue weighted by Gasteiger charge is 2.18. The van der Waals surface area contributed by atoms with E-state index in [-0.39, 0.29) is 22.2 Å². The first-order valence-electron chi connectivity index (χ1n) is 8.84. The van der Waals surface area contributed by atoms with Gasteiger partial charge in [-0.3, -0.25) is 24.9 Å². The highest BCUT2D eigenvalue weighted by molar-refractivity contribution is 7.92. The van der Waals surface area contributed by atoms with Crippen molar-refractivity contribution in [2.75, 3.05) is 10.0 Å².